The van der Waals surface area contributed by atoms with E-state index < -0.39 is 11.9 Å². The average Bonchev–Trinajstić information content (AvgIpc) is 2.99. The van der Waals surface area contributed by atoms with Gasteiger partial charge in [0.2, 0.25) is 0 Å². The maximum Gasteiger partial charge on any atom is 0.338 e. The summed E-state index contributed by atoms with van der Waals surface area (Å²) in [7, 11) is 0. The monoisotopic (exact) mass is 588 g/mol. The Morgan fingerprint density at radius 1 is 0.698 bits per heavy atom. The van der Waals surface area contributed by atoms with E-state index in [4.69, 9.17) is 30.4 Å². The van der Waals surface area contributed by atoms with Crippen molar-refractivity contribution in [1.82, 2.24) is 0 Å². The fraction of sp³-hybridized carbons (Fsp3) is 0.324. The Morgan fingerprint density at radius 3 is 1.93 bits per heavy atom. The molecule has 4 N–H and O–H groups in total. The van der Waals surface area contributed by atoms with Crippen molar-refractivity contribution in [2.24, 2.45) is 0 Å². The highest BCUT2D eigenvalue weighted by Gasteiger charge is 2.09. The molecular formula is C34H40N2O7. The number of benzene rings is 3. The number of nitrogens with two attached hydrogens (primary N) is 2. The van der Waals surface area contributed by atoms with Crippen LogP contribution in [0.25, 0.3) is 6.08 Å². The zero-order valence-electron chi connectivity index (χ0n) is 24.6. The third kappa shape index (κ3) is 12.7. The van der Waals surface area contributed by atoms with Gasteiger partial charge in [0, 0.05) is 23.9 Å². The third-order valence-electron chi connectivity index (χ3n) is 6.30. The van der Waals surface area contributed by atoms with Gasteiger partial charge in [-0.3, -0.25) is 4.79 Å². The van der Waals surface area contributed by atoms with Gasteiger partial charge in [-0.1, -0.05) is 44.7 Å². The Bertz CT molecular complexity index is 1330. The summed E-state index contributed by atoms with van der Waals surface area (Å²) >= 11 is 0. The van der Waals surface area contributed by atoms with E-state index in [0.717, 1.165) is 56.3 Å². The van der Waals surface area contributed by atoms with Crippen LogP contribution in [0.15, 0.2) is 72.8 Å². The van der Waals surface area contributed by atoms with Gasteiger partial charge in [-0.15, -0.1) is 0 Å². The normalized spacial score (nSPS) is 10.8. The maximum absolute atomic E-state index is 12.2. The molecule has 0 aromatic heterocycles. The van der Waals surface area contributed by atoms with Gasteiger partial charge in [0.25, 0.3) is 0 Å². The summed E-state index contributed by atoms with van der Waals surface area (Å²) in [6.07, 6.45) is 9.78. The van der Waals surface area contributed by atoms with Crippen LogP contribution in [0, 0.1) is 0 Å². The van der Waals surface area contributed by atoms with Crippen LogP contribution in [-0.4, -0.2) is 31.1 Å². The lowest BCUT2D eigenvalue weighted by Crippen LogP contribution is -2.08. The number of rotatable bonds is 17. The SMILES string of the molecule is CCCCC(=O)Oc1ccc(OC(=O)C=Cc2ccc(OCCCCCCCOC(=O)c3cc(N)cc(N)c3)cc2)cc1. The molecule has 0 aliphatic carbocycles. The number of hydrogen-bond acceptors (Lipinski definition) is 9. The molecule has 3 aromatic carbocycles. The Morgan fingerprint density at radius 2 is 1.28 bits per heavy atom. The molecule has 0 aliphatic heterocycles. The van der Waals surface area contributed by atoms with Crippen molar-refractivity contribution in [3.63, 3.8) is 0 Å². The summed E-state index contributed by atoms with van der Waals surface area (Å²) in [6, 6.07) is 18.5. The van der Waals surface area contributed by atoms with Gasteiger partial charge in [-0.25, -0.2) is 9.59 Å². The van der Waals surface area contributed by atoms with E-state index in [1.54, 1.807) is 48.5 Å². The molecule has 9 heteroatoms. The molecule has 0 radical (unpaired) electrons. The van der Waals surface area contributed by atoms with Gasteiger partial charge in [-0.05, 0) is 85.5 Å². The van der Waals surface area contributed by atoms with Gasteiger partial charge in [0.1, 0.15) is 17.2 Å². The number of carbonyl (C=O) groups is 3. The summed E-state index contributed by atoms with van der Waals surface area (Å²) in [4.78, 5) is 36.0. The van der Waals surface area contributed by atoms with Gasteiger partial charge in [0.05, 0.1) is 18.8 Å². The fourth-order valence-electron chi connectivity index (χ4n) is 4.04. The molecule has 0 bridgehead atoms. The summed E-state index contributed by atoms with van der Waals surface area (Å²) in [5, 5.41) is 0. The number of nitrogen functional groups attached to an aromatic ring is 2. The number of carbonyl (C=O) groups excluding carboxylic acids is 3. The van der Waals surface area contributed by atoms with Crippen LogP contribution >= 0.6 is 0 Å². The predicted octanol–water partition coefficient (Wildman–Crippen LogP) is 6.75. The molecule has 0 saturated heterocycles. The van der Waals surface area contributed by atoms with Gasteiger partial charge < -0.3 is 30.4 Å². The number of esters is 3. The molecule has 0 aliphatic rings. The van der Waals surface area contributed by atoms with Crippen molar-refractivity contribution in [2.45, 2.75) is 58.3 Å². The second-order valence-electron chi connectivity index (χ2n) is 10.0. The molecule has 0 atom stereocenters. The molecule has 0 saturated carbocycles. The van der Waals surface area contributed by atoms with Crippen LogP contribution in [0.4, 0.5) is 11.4 Å². The first-order chi connectivity index (χ1) is 20.8. The molecule has 228 valence electrons. The Kier molecular flexibility index (Phi) is 13.6. The first-order valence-electron chi connectivity index (χ1n) is 14.6. The van der Waals surface area contributed by atoms with E-state index in [2.05, 4.69) is 0 Å². The van der Waals surface area contributed by atoms with E-state index in [9.17, 15) is 14.4 Å². The Hall–Kier alpha value is -4.79. The second kappa shape index (κ2) is 17.9. The van der Waals surface area contributed by atoms with Crippen LogP contribution in [-0.2, 0) is 14.3 Å². The minimum Gasteiger partial charge on any atom is -0.494 e. The zero-order valence-corrected chi connectivity index (χ0v) is 24.6. The molecule has 3 rings (SSSR count). The number of unbranched alkanes of at least 4 members (excludes halogenated alkanes) is 5. The first kappa shape index (κ1) is 32.7. The number of ether oxygens (including phenoxy) is 4. The van der Waals surface area contributed by atoms with Gasteiger partial charge in [-0.2, -0.15) is 0 Å². The van der Waals surface area contributed by atoms with Crippen molar-refractivity contribution in [3.8, 4) is 17.2 Å². The smallest absolute Gasteiger partial charge is 0.338 e. The number of anilines is 2. The first-order valence-corrected chi connectivity index (χ1v) is 14.6. The molecule has 0 fully saturated rings. The van der Waals surface area contributed by atoms with E-state index in [-0.39, 0.29) is 5.97 Å². The van der Waals surface area contributed by atoms with Crippen molar-refractivity contribution in [3.05, 3.63) is 83.9 Å². The van der Waals surface area contributed by atoms with Crippen LogP contribution in [0.5, 0.6) is 17.2 Å². The highest BCUT2D eigenvalue weighted by atomic mass is 16.5. The molecule has 43 heavy (non-hydrogen) atoms. The van der Waals surface area contributed by atoms with Crippen LogP contribution < -0.4 is 25.7 Å². The van der Waals surface area contributed by atoms with Gasteiger partial charge in [0.15, 0.2) is 0 Å². The van der Waals surface area contributed by atoms with Crippen molar-refractivity contribution in [1.29, 1.82) is 0 Å². The minimum absolute atomic E-state index is 0.280. The summed E-state index contributed by atoms with van der Waals surface area (Å²) in [5.74, 6) is 0.311. The van der Waals surface area contributed by atoms with Crippen molar-refractivity contribution >= 4 is 35.4 Å². The number of hydrogen-bond donors (Lipinski definition) is 2. The zero-order chi connectivity index (χ0) is 30.9. The van der Waals surface area contributed by atoms with Crippen molar-refractivity contribution < 1.29 is 33.3 Å². The highest BCUT2D eigenvalue weighted by molar-refractivity contribution is 5.91. The average molecular weight is 589 g/mol. The lowest BCUT2D eigenvalue weighted by molar-refractivity contribution is -0.134. The summed E-state index contributed by atoms with van der Waals surface area (Å²) < 4.78 is 21.7. The largest absolute Gasteiger partial charge is 0.494 e. The van der Waals surface area contributed by atoms with Crippen LogP contribution in [0.1, 0.15) is 74.2 Å². The molecule has 0 spiro atoms. The molecule has 0 heterocycles. The van der Waals surface area contributed by atoms with Crippen LogP contribution in [0.2, 0.25) is 0 Å². The Balaban J connectivity index is 1.25. The maximum atomic E-state index is 12.2. The van der Waals surface area contributed by atoms with E-state index >= 15 is 0 Å². The van der Waals surface area contributed by atoms with Crippen molar-refractivity contribution in [2.75, 3.05) is 24.7 Å². The second-order valence-corrected chi connectivity index (χ2v) is 10.0. The van der Waals surface area contributed by atoms with E-state index in [0.29, 0.717) is 48.1 Å². The summed E-state index contributed by atoms with van der Waals surface area (Å²) in [5.41, 5.74) is 13.5. The van der Waals surface area contributed by atoms with E-state index in [1.165, 1.54) is 6.08 Å². The standard InChI is InChI=1S/C34H40N2O7/c1-2-3-9-32(37)42-30-15-17-31(18-16-30)43-33(38)19-12-25-10-13-29(14-11-25)40-20-7-5-4-6-8-21-41-34(39)26-22-27(35)24-28(36)23-26/h10-19,22-24H,2-9,20-21,35-36H2,1H3. The molecule has 0 amide bonds. The minimum atomic E-state index is -0.516. The molecule has 9 nitrogen and oxygen atoms in total. The van der Waals surface area contributed by atoms with E-state index in [1.807, 2.05) is 31.2 Å². The third-order valence-corrected chi connectivity index (χ3v) is 6.30. The molecular weight excluding hydrogens is 548 g/mol. The van der Waals surface area contributed by atoms with Crippen LogP contribution in [0.3, 0.4) is 0 Å². The lowest BCUT2D eigenvalue weighted by atomic mass is 10.1. The fourth-order valence-corrected chi connectivity index (χ4v) is 4.04. The quantitative estimate of drug-likeness (QED) is 0.0576. The molecule has 0 unspecified atom stereocenters. The lowest BCUT2D eigenvalue weighted by Gasteiger charge is -2.08. The Labute approximate surface area is 252 Å². The predicted molar refractivity (Wildman–Crippen MR) is 167 cm³/mol. The van der Waals surface area contributed by atoms with Gasteiger partial charge >= 0.3 is 17.9 Å². The summed E-state index contributed by atoms with van der Waals surface area (Å²) in [6.45, 7) is 2.97. The highest BCUT2D eigenvalue weighted by Crippen LogP contribution is 2.19. The topological polar surface area (TPSA) is 140 Å². The molecule has 3 aromatic rings.